The molecule has 1 unspecified atom stereocenters. The van der Waals surface area contributed by atoms with Crippen LogP contribution in [0.25, 0.3) is 0 Å². The van der Waals surface area contributed by atoms with Crippen molar-refractivity contribution in [3.05, 3.63) is 70.2 Å². The molecule has 0 aromatic heterocycles. The minimum atomic E-state index is 0.465. The predicted molar refractivity (Wildman–Crippen MR) is 92.2 cm³/mol. The van der Waals surface area contributed by atoms with Crippen LogP contribution in [0.15, 0.2) is 48.5 Å². The van der Waals surface area contributed by atoms with Gasteiger partial charge in [0.15, 0.2) is 0 Å². The molecule has 0 bridgehead atoms. The maximum absolute atomic E-state index is 6.26. The summed E-state index contributed by atoms with van der Waals surface area (Å²) in [6, 6.07) is 17.6. The van der Waals surface area contributed by atoms with Gasteiger partial charge in [-0.15, -0.1) is 0 Å². The molecule has 0 aliphatic carbocycles. The Kier molecular flexibility index (Phi) is 5.84. The van der Waals surface area contributed by atoms with Gasteiger partial charge in [-0.2, -0.15) is 0 Å². The van der Waals surface area contributed by atoms with Gasteiger partial charge in [-0.25, -0.2) is 0 Å². The first kappa shape index (κ1) is 16.1. The van der Waals surface area contributed by atoms with Crippen LogP contribution in [0.1, 0.15) is 36.5 Å². The minimum absolute atomic E-state index is 0.465. The van der Waals surface area contributed by atoms with Crippen LogP contribution in [0.4, 0.5) is 0 Å². The highest BCUT2D eigenvalue weighted by Crippen LogP contribution is 2.24. The lowest BCUT2D eigenvalue weighted by atomic mass is 9.91. The van der Waals surface area contributed by atoms with Gasteiger partial charge in [0.25, 0.3) is 0 Å². The quantitative estimate of drug-likeness (QED) is 0.794. The van der Waals surface area contributed by atoms with Crippen molar-refractivity contribution in [2.45, 2.75) is 39.2 Å². The van der Waals surface area contributed by atoms with Crippen LogP contribution in [0, 0.1) is 6.92 Å². The molecule has 0 aliphatic heterocycles. The number of hydrogen-bond acceptors (Lipinski definition) is 1. The van der Waals surface area contributed by atoms with E-state index < -0.39 is 0 Å². The molecule has 1 N–H and O–H groups in total. The molecule has 0 fully saturated rings. The number of halogens is 1. The first-order valence-electron chi connectivity index (χ1n) is 7.59. The maximum Gasteiger partial charge on any atom is 0.0437 e. The van der Waals surface area contributed by atoms with E-state index in [2.05, 4.69) is 67.7 Å². The molecule has 0 spiro atoms. The zero-order chi connectivity index (χ0) is 15.2. The van der Waals surface area contributed by atoms with E-state index in [0.29, 0.717) is 12.0 Å². The highest BCUT2D eigenvalue weighted by molar-refractivity contribution is 6.31. The van der Waals surface area contributed by atoms with Gasteiger partial charge in [-0.1, -0.05) is 67.9 Å². The lowest BCUT2D eigenvalue weighted by Crippen LogP contribution is -2.28. The third kappa shape index (κ3) is 4.87. The number of hydrogen-bond donors (Lipinski definition) is 1. The van der Waals surface area contributed by atoms with Gasteiger partial charge in [-0.3, -0.25) is 0 Å². The first-order chi connectivity index (χ1) is 10.1. The molecule has 21 heavy (non-hydrogen) atoms. The number of benzene rings is 2. The summed E-state index contributed by atoms with van der Waals surface area (Å²) in [6.07, 6.45) is 1.00. The van der Waals surface area contributed by atoms with Crippen LogP contribution >= 0.6 is 11.6 Å². The molecule has 112 valence electrons. The third-order valence-electron chi connectivity index (χ3n) is 3.76. The van der Waals surface area contributed by atoms with Gasteiger partial charge < -0.3 is 5.32 Å². The van der Waals surface area contributed by atoms with Crippen molar-refractivity contribution in [1.82, 2.24) is 5.32 Å². The fraction of sp³-hybridized carbons (Fsp3) is 0.368. The van der Waals surface area contributed by atoms with Crippen molar-refractivity contribution < 1.29 is 0 Å². The molecular weight excluding hydrogens is 278 g/mol. The summed E-state index contributed by atoms with van der Waals surface area (Å²) in [4.78, 5) is 0. The summed E-state index contributed by atoms with van der Waals surface area (Å²) >= 11 is 6.26. The van der Waals surface area contributed by atoms with Crippen molar-refractivity contribution >= 4 is 11.6 Å². The molecule has 2 rings (SSSR count). The second-order valence-corrected chi connectivity index (χ2v) is 6.37. The lowest BCUT2D eigenvalue weighted by Gasteiger charge is -2.20. The highest BCUT2D eigenvalue weighted by atomic mass is 35.5. The second-order valence-electron chi connectivity index (χ2n) is 5.96. The predicted octanol–water partition coefficient (Wildman–Crippen LogP) is 4.97. The van der Waals surface area contributed by atoms with Gasteiger partial charge in [0.2, 0.25) is 0 Å². The average molecular weight is 302 g/mol. The molecule has 2 aromatic carbocycles. The van der Waals surface area contributed by atoms with Gasteiger partial charge in [0, 0.05) is 23.5 Å². The van der Waals surface area contributed by atoms with E-state index >= 15 is 0 Å². The fourth-order valence-corrected chi connectivity index (χ4v) is 2.66. The molecule has 2 heteroatoms. The Morgan fingerprint density at radius 2 is 1.76 bits per heavy atom. The Morgan fingerprint density at radius 1 is 1.05 bits per heavy atom. The van der Waals surface area contributed by atoms with Crippen LogP contribution in [0.3, 0.4) is 0 Å². The molecule has 0 radical (unpaired) electrons. The first-order valence-corrected chi connectivity index (χ1v) is 7.97. The van der Waals surface area contributed by atoms with Crippen molar-refractivity contribution in [2.24, 2.45) is 0 Å². The fourth-order valence-electron chi connectivity index (χ4n) is 2.46. The molecule has 0 amide bonds. The van der Waals surface area contributed by atoms with Gasteiger partial charge in [0.1, 0.15) is 0 Å². The SMILES string of the molecule is Cc1ccc(CC(CNC(C)C)c2ccccc2)cc1Cl. The average Bonchev–Trinajstić information content (AvgIpc) is 2.48. The number of nitrogens with one attached hydrogen (secondary N) is 1. The molecular formula is C19H24ClN. The Labute approximate surface area is 133 Å². The highest BCUT2D eigenvalue weighted by Gasteiger charge is 2.13. The van der Waals surface area contributed by atoms with Crippen molar-refractivity contribution in [1.29, 1.82) is 0 Å². The zero-order valence-electron chi connectivity index (χ0n) is 13.1. The summed E-state index contributed by atoms with van der Waals surface area (Å²) in [7, 11) is 0. The van der Waals surface area contributed by atoms with E-state index in [0.717, 1.165) is 23.6 Å². The lowest BCUT2D eigenvalue weighted by molar-refractivity contribution is 0.527. The smallest absolute Gasteiger partial charge is 0.0437 e. The van der Waals surface area contributed by atoms with Crippen molar-refractivity contribution in [3.63, 3.8) is 0 Å². The molecule has 0 heterocycles. The molecule has 0 saturated carbocycles. The standard InChI is InChI=1S/C19H24ClN/c1-14(2)21-13-18(17-7-5-4-6-8-17)11-16-10-9-15(3)19(20)12-16/h4-10,12,14,18,21H,11,13H2,1-3H3. The van der Waals surface area contributed by atoms with E-state index in [1.54, 1.807) is 0 Å². The van der Waals surface area contributed by atoms with Crippen LogP contribution < -0.4 is 5.32 Å². The molecule has 1 nitrogen and oxygen atoms in total. The van der Waals surface area contributed by atoms with E-state index in [1.165, 1.54) is 11.1 Å². The van der Waals surface area contributed by atoms with Crippen LogP contribution in [-0.4, -0.2) is 12.6 Å². The van der Waals surface area contributed by atoms with Crippen LogP contribution in [-0.2, 0) is 6.42 Å². The Balaban J connectivity index is 2.17. The molecule has 0 saturated heterocycles. The monoisotopic (exact) mass is 301 g/mol. The topological polar surface area (TPSA) is 12.0 Å². The Bertz CT molecular complexity index is 563. The van der Waals surface area contributed by atoms with Gasteiger partial charge in [0.05, 0.1) is 0 Å². The van der Waals surface area contributed by atoms with E-state index in [9.17, 15) is 0 Å². The largest absolute Gasteiger partial charge is 0.314 e. The Hall–Kier alpha value is -1.31. The van der Waals surface area contributed by atoms with E-state index in [4.69, 9.17) is 11.6 Å². The van der Waals surface area contributed by atoms with Crippen molar-refractivity contribution in [3.8, 4) is 0 Å². The number of rotatable bonds is 6. The maximum atomic E-state index is 6.26. The summed E-state index contributed by atoms with van der Waals surface area (Å²) in [5.74, 6) is 0.465. The summed E-state index contributed by atoms with van der Waals surface area (Å²) in [5.41, 5.74) is 3.81. The zero-order valence-corrected chi connectivity index (χ0v) is 13.8. The summed E-state index contributed by atoms with van der Waals surface area (Å²) < 4.78 is 0. The summed E-state index contributed by atoms with van der Waals surface area (Å²) in [5, 5.41) is 4.41. The van der Waals surface area contributed by atoms with Crippen LogP contribution in [0.2, 0.25) is 5.02 Å². The van der Waals surface area contributed by atoms with Gasteiger partial charge >= 0.3 is 0 Å². The van der Waals surface area contributed by atoms with E-state index in [1.807, 2.05) is 6.92 Å². The van der Waals surface area contributed by atoms with Crippen LogP contribution in [0.5, 0.6) is 0 Å². The molecule has 2 aromatic rings. The minimum Gasteiger partial charge on any atom is -0.314 e. The van der Waals surface area contributed by atoms with Crippen molar-refractivity contribution in [2.75, 3.05) is 6.54 Å². The number of aryl methyl sites for hydroxylation is 1. The second kappa shape index (κ2) is 7.63. The normalized spacial score (nSPS) is 12.6. The molecule has 0 aliphatic rings. The van der Waals surface area contributed by atoms with E-state index in [-0.39, 0.29) is 0 Å². The molecule has 1 atom stereocenters. The third-order valence-corrected chi connectivity index (χ3v) is 4.17. The van der Waals surface area contributed by atoms with Gasteiger partial charge in [-0.05, 0) is 36.1 Å². The Morgan fingerprint density at radius 3 is 2.38 bits per heavy atom. The summed E-state index contributed by atoms with van der Waals surface area (Å²) in [6.45, 7) is 7.39.